The van der Waals surface area contributed by atoms with Gasteiger partial charge in [0.05, 0.1) is 11.4 Å². The van der Waals surface area contributed by atoms with Crippen molar-refractivity contribution in [1.82, 2.24) is 0 Å². The average molecular weight is 925 g/mol. The van der Waals surface area contributed by atoms with Gasteiger partial charge < -0.3 is 9.80 Å². The van der Waals surface area contributed by atoms with Gasteiger partial charge >= 0.3 is 0 Å². The Balaban J connectivity index is 1.19. The van der Waals surface area contributed by atoms with Crippen LogP contribution in [0.25, 0.3) is 86.9 Å². The minimum atomic E-state index is 1.18. The lowest BCUT2D eigenvalue weighted by molar-refractivity contribution is 1.22. The summed E-state index contributed by atoms with van der Waals surface area (Å²) in [5, 5.41) is 15.4. The van der Waals surface area contributed by atoms with Crippen LogP contribution in [0.5, 0.6) is 0 Å². The Hall–Kier alpha value is -8.46. The second-order valence-corrected chi connectivity index (χ2v) is 20.5. The third-order valence-corrected chi connectivity index (χ3v) is 15.6. The van der Waals surface area contributed by atoms with E-state index in [9.17, 15) is 0 Å². The second kappa shape index (κ2) is 16.6. The van der Waals surface area contributed by atoms with Crippen molar-refractivity contribution >= 4 is 98.8 Å². The van der Waals surface area contributed by atoms with Crippen molar-refractivity contribution < 1.29 is 0 Å². The number of hydrogen-bond acceptors (Lipinski definition) is 2. The lowest BCUT2D eigenvalue weighted by Crippen LogP contribution is -2.13. The predicted octanol–water partition coefficient (Wildman–Crippen LogP) is 20.2. The molecule has 0 unspecified atom stereocenters. The number of aryl methyl sites for hydroxylation is 8. The topological polar surface area (TPSA) is 6.48 Å². The molecule has 72 heavy (non-hydrogen) atoms. The highest BCUT2D eigenvalue weighted by molar-refractivity contribution is 6.47. The van der Waals surface area contributed by atoms with Crippen molar-refractivity contribution in [3.05, 3.63) is 239 Å². The molecule has 2 nitrogen and oxygen atoms in total. The van der Waals surface area contributed by atoms with E-state index in [4.69, 9.17) is 0 Å². The quantitative estimate of drug-likeness (QED) is 0.150. The summed E-state index contributed by atoms with van der Waals surface area (Å²) in [5.41, 5.74) is 22.2. The summed E-state index contributed by atoms with van der Waals surface area (Å²) >= 11 is 0. The number of nitrogens with zero attached hydrogens (tertiary/aromatic N) is 2. The number of benzene rings is 11. The minimum absolute atomic E-state index is 1.18. The van der Waals surface area contributed by atoms with E-state index >= 15 is 0 Å². The monoisotopic (exact) mass is 924 g/mol. The number of rotatable bonds is 8. The summed E-state index contributed by atoms with van der Waals surface area (Å²) in [6, 6.07) is 73.7. The molecule has 0 amide bonds. The fourth-order valence-electron chi connectivity index (χ4n) is 12.6. The van der Waals surface area contributed by atoms with Crippen molar-refractivity contribution in [2.24, 2.45) is 0 Å². The molecule has 0 saturated carbocycles. The van der Waals surface area contributed by atoms with Crippen molar-refractivity contribution in [2.75, 3.05) is 9.80 Å². The highest BCUT2D eigenvalue weighted by Gasteiger charge is 2.30. The van der Waals surface area contributed by atoms with Crippen LogP contribution in [0.3, 0.4) is 0 Å². The summed E-state index contributed by atoms with van der Waals surface area (Å²) in [6.45, 7) is 17.7. The van der Waals surface area contributed by atoms with E-state index in [1.54, 1.807) is 0 Å². The standard InChI is InChI=1S/C70H56N2/c1-41-25-31-57(45(5)37-41)71(58-32-26-42(2)38-46(58)6)61-35-29-55-65-51(61)21-15-23-53(65)67-63(49-17-11-9-12-18-49)70-56-30-36-62(72(59-33-27-43(3)39-47(59)7)60-34-28-44(4)40-48(60)8)52-22-16-24-54(66(52)56)68(70)64(69(55)67)50-19-13-10-14-20-50/h9-40H,1-8H3. The van der Waals surface area contributed by atoms with Gasteiger partial charge in [-0.25, -0.2) is 0 Å². The molecule has 2 heteroatoms. The molecule has 0 bridgehead atoms. The summed E-state index contributed by atoms with van der Waals surface area (Å²) in [5.74, 6) is 0. The molecule has 13 aromatic carbocycles. The zero-order valence-corrected chi connectivity index (χ0v) is 42.4. The van der Waals surface area contributed by atoms with Crippen LogP contribution in [0.4, 0.5) is 34.1 Å². The Morgan fingerprint density at radius 3 is 0.806 bits per heavy atom. The first-order valence-electron chi connectivity index (χ1n) is 25.4. The van der Waals surface area contributed by atoms with Gasteiger partial charge in [-0.1, -0.05) is 180 Å². The third-order valence-electron chi connectivity index (χ3n) is 15.6. The molecule has 13 aromatic rings. The van der Waals surface area contributed by atoms with Crippen LogP contribution in [-0.2, 0) is 0 Å². The second-order valence-electron chi connectivity index (χ2n) is 20.5. The minimum Gasteiger partial charge on any atom is -0.309 e. The largest absolute Gasteiger partial charge is 0.309 e. The van der Waals surface area contributed by atoms with E-state index in [-0.39, 0.29) is 0 Å². The van der Waals surface area contributed by atoms with Crippen molar-refractivity contribution in [3.63, 3.8) is 0 Å². The summed E-state index contributed by atoms with van der Waals surface area (Å²) in [7, 11) is 0. The average Bonchev–Trinajstić information content (AvgIpc) is 3.89. The Kier molecular flexibility index (Phi) is 10.0. The molecule has 0 saturated heterocycles. The maximum absolute atomic E-state index is 2.51. The van der Waals surface area contributed by atoms with Crippen LogP contribution < -0.4 is 9.80 Å². The predicted molar refractivity (Wildman–Crippen MR) is 312 cm³/mol. The fourth-order valence-corrected chi connectivity index (χ4v) is 12.6. The van der Waals surface area contributed by atoms with Crippen molar-refractivity contribution in [3.8, 4) is 22.3 Å². The Morgan fingerprint density at radius 1 is 0.222 bits per heavy atom. The van der Waals surface area contributed by atoms with Gasteiger partial charge in [-0.05, 0) is 190 Å². The Labute approximate surface area is 422 Å². The van der Waals surface area contributed by atoms with Gasteiger partial charge in [0.25, 0.3) is 0 Å². The molecule has 0 aliphatic carbocycles. The summed E-state index contributed by atoms with van der Waals surface area (Å²) in [4.78, 5) is 5.03. The van der Waals surface area contributed by atoms with Crippen LogP contribution >= 0.6 is 0 Å². The molecule has 0 N–H and O–H groups in total. The Bertz CT molecular complexity index is 3860. The van der Waals surface area contributed by atoms with Gasteiger partial charge in [0.1, 0.15) is 0 Å². The first-order chi connectivity index (χ1) is 35.0. The molecule has 0 fully saturated rings. The zero-order chi connectivity index (χ0) is 49.1. The van der Waals surface area contributed by atoms with E-state index in [2.05, 4.69) is 259 Å². The molecule has 13 rings (SSSR count). The van der Waals surface area contributed by atoms with E-state index in [0.717, 1.165) is 0 Å². The summed E-state index contributed by atoms with van der Waals surface area (Å²) < 4.78 is 0. The number of fused-ring (bicyclic) bond motifs is 6. The zero-order valence-electron chi connectivity index (χ0n) is 42.4. The molecule has 0 heterocycles. The van der Waals surface area contributed by atoms with Gasteiger partial charge in [0.15, 0.2) is 0 Å². The fraction of sp³-hybridized carbons (Fsp3) is 0.114. The number of anilines is 6. The molecular weight excluding hydrogens is 869 g/mol. The lowest BCUT2D eigenvalue weighted by atomic mass is 9.87. The van der Waals surface area contributed by atoms with Crippen molar-refractivity contribution in [2.45, 2.75) is 55.4 Å². The van der Waals surface area contributed by atoms with E-state index in [0.29, 0.717) is 0 Å². The SMILES string of the molecule is Cc1ccc(N(c2ccc(C)cc2C)c2ccc3c4c(-c5ccccc5)c5c6cccc7c(N(c8ccc(C)cc8C)c8ccc(C)cc8C)ccc(c5c(-c5ccccc5)c4c4cccc2c43)c76)c(C)c1. The molecule has 0 spiro atoms. The van der Waals surface area contributed by atoms with Crippen LogP contribution in [0.15, 0.2) is 194 Å². The van der Waals surface area contributed by atoms with E-state index in [1.165, 1.54) is 166 Å². The normalized spacial score (nSPS) is 11.9. The van der Waals surface area contributed by atoms with Gasteiger partial charge in [0.2, 0.25) is 0 Å². The first kappa shape index (κ1) is 43.6. The summed E-state index contributed by atoms with van der Waals surface area (Å²) in [6.07, 6.45) is 0. The first-order valence-corrected chi connectivity index (χ1v) is 25.4. The molecule has 0 radical (unpaired) electrons. The van der Waals surface area contributed by atoms with Crippen LogP contribution in [-0.4, -0.2) is 0 Å². The molecule has 0 atom stereocenters. The lowest BCUT2D eigenvalue weighted by Gasteiger charge is -2.30. The smallest absolute Gasteiger partial charge is 0.0540 e. The molecule has 0 aliphatic heterocycles. The van der Waals surface area contributed by atoms with Gasteiger partial charge in [-0.3, -0.25) is 0 Å². The Morgan fingerprint density at radius 2 is 0.500 bits per heavy atom. The maximum Gasteiger partial charge on any atom is 0.0540 e. The molecule has 346 valence electrons. The highest BCUT2D eigenvalue weighted by atomic mass is 15.2. The molecule has 0 aliphatic rings. The highest BCUT2D eigenvalue weighted by Crippen LogP contribution is 2.58. The van der Waals surface area contributed by atoms with Gasteiger partial charge in [0, 0.05) is 33.5 Å². The van der Waals surface area contributed by atoms with Gasteiger partial charge in [-0.15, -0.1) is 0 Å². The van der Waals surface area contributed by atoms with Crippen molar-refractivity contribution in [1.29, 1.82) is 0 Å². The van der Waals surface area contributed by atoms with Crippen LogP contribution in [0.2, 0.25) is 0 Å². The van der Waals surface area contributed by atoms with Crippen LogP contribution in [0, 0.1) is 55.4 Å². The third kappa shape index (κ3) is 6.55. The van der Waals surface area contributed by atoms with Gasteiger partial charge in [-0.2, -0.15) is 0 Å². The number of hydrogen-bond donors (Lipinski definition) is 0. The van der Waals surface area contributed by atoms with Crippen LogP contribution in [0.1, 0.15) is 44.5 Å². The maximum atomic E-state index is 2.51. The molecular formula is C70H56N2. The molecule has 0 aromatic heterocycles. The van der Waals surface area contributed by atoms with E-state index in [1.807, 2.05) is 0 Å². The van der Waals surface area contributed by atoms with E-state index < -0.39 is 0 Å².